The first-order valence-electron chi connectivity index (χ1n) is 9.40. The Hall–Kier alpha value is -2.43. The van der Waals surface area contributed by atoms with E-state index in [4.69, 9.17) is 21.1 Å². The predicted octanol–water partition coefficient (Wildman–Crippen LogP) is 4.09. The van der Waals surface area contributed by atoms with Crippen LogP contribution in [0.5, 0.6) is 11.5 Å². The van der Waals surface area contributed by atoms with Crippen molar-refractivity contribution in [2.75, 3.05) is 13.2 Å². The van der Waals surface area contributed by atoms with Gasteiger partial charge in [-0.2, -0.15) is 0 Å². The lowest BCUT2D eigenvalue weighted by molar-refractivity contribution is -0.702. The van der Waals surface area contributed by atoms with Crippen LogP contribution in [0.25, 0.3) is 5.69 Å². The van der Waals surface area contributed by atoms with Crippen molar-refractivity contribution in [1.29, 1.82) is 0 Å². The Bertz CT molecular complexity index is 934. The molecule has 27 heavy (non-hydrogen) atoms. The number of nitrogens with two attached hydrogens (primary N) is 1. The monoisotopic (exact) mass is 383 g/mol. The fourth-order valence-electron chi connectivity index (χ4n) is 3.73. The van der Waals surface area contributed by atoms with Gasteiger partial charge in [0.2, 0.25) is 0 Å². The number of ether oxygens (including phenoxy) is 2. The summed E-state index contributed by atoms with van der Waals surface area (Å²) in [6.45, 7) is 6.07. The van der Waals surface area contributed by atoms with E-state index < -0.39 is 0 Å². The Morgan fingerprint density at radius 3 is 2.44 bits per heavy atom. The van der Waals surface area contributed by atoms with Crippen molar-refractivity contribution in [1.82, 2.24) is 4.57 Å². The van der Waals surface area contributed by atoms with Gasteiger partial charge < -0.3 is 19.4 Å². The van der Waals surface area contributed by atoms with Crippen molar-refractivity contribution in [2.45, 2.75) is 26.4 Å². The summed E-state index contributed by atoms with van der Waals surface area (Å²) < 4.78 is 13.9. The third-order valence-corrected chi connectivity index (χ3v) is 5.16. The highest BCUT2D eigenvalue weighted by Crippen LogP contribution is 2.36. The van der Waals surface area contributed by atoms with Crippen LogP contribution < -0.4 is 14.8 Å². The van der Waals surface area contributed by atoms with E-state index >= 15 is 0 Å². The number of rotatable bonds is 5. The van der Waals surface area contributed by atoms with Crippen molar-refractivity contribution >= 4 is 11.6 Å². The molecule has 4 rings (SSSR count). The summed E-state index contributed by atoms with van der Waals surface area (Å²) in [5.74, 6) is 1.60. The molecule has 140 valence electrons. The van der Waals surface area contributed by atoms with E-state index in [-0.39, 0.29) is 6.04 Å². The van der Waals surface area contributed by atoms with E-state index in [1.807, 2.05) is 26.0 Å². The standard InChI is InChI=1S/C22H23ClN2O2/c1-3-26-20-12-16-14-24-22(15-7-9-17(23)10-8-15)18-6-5-11-25(18)19(16)13-21(20)27-4-2/h5-13,22,24H,3-4,14H2,1-2H3/p+1. The summed E-state index contributed by atoms with van der Waals surface area (Å²) in [6.07, 6.45) is 2.12. The molecule has 3 aromatic rings. The Balaban J connectivity index is 1.81. The average Bonchev–Trinajstić information content (AvgIpc) is 3.09. The van der Waals surface area contributed by atoms with Gasteiger partial charge in [-0.1, -0.05) is 23.7 Å². The summed E-state index contributed by atoms with van der Waals surface area (Å²) in [5.41, 5.74) is 4.86. The van der Waals surface area contributed by atoms with Crippen molar-refractivity contribution in [2.24, 2.45) is 0 Å². The van der Waals surface area contributed by atoms with Crippen LogP contribution in [0.2, 0.25) is 5.02 Å². The normalized spacial score (nSPS) is 15.6. The molecule has 2 N–H and O–H groups in total. The number of hydrogen-bond acceptors (Lipinski definition) is 2. The molecule has 0 fully saturated rings. The lowest BCUT2D eigenvalue weighted by Gasteiger charge is -2.16. The largest absolute Gasteiger partial charge is 0.490 e. The summed E-state index contributed by atoms with van der Waals surface area (Å²) in [7, 11) is 0. The summed E-state index contributed by atoms with van der Waals surface area (Å²) in [6, 6.07) is 16.8. The smallest absolute Gasteiger partial charge is 0.163 e. The Labute approximate surface area is 164 Å². The predicted molar refractivity (Wildman–Crippen MR) is 107 cm³/mol. The van der Waals surface area contributed by atoms with Gasteiger partial charge in [0.05, 0.1) is 24.6 Å². The molecule has 0 saturated heterocycles. The van der Waals surface area contributed by atoms with E-state index in [0.29, 0.717) is 13.2 Å². The van der Waals surface area contributed by atoms with Crippen LogP contribution in [0.4, 0.5) is 0 Å². The molecule has 2 heterocycles. The number of hydrogen-bond donors (Lipinski definition) is 1. The fourth-order valence-corrected chi connectivity index (χ4v) is 3.85. The van der Waals surface area contributed by atoms with Crippen molar-refractivity contribution in [3.63, 3.8) is 0 Å². The van der Waals surface area contributed by atoms with E-state index in [1.54, 1.807) is 0 Å². The highest BCUT2D eigenvalue weighted by atomic mass is 35.5. The molecule has 1 aromatic heterocycles. The second-order valence-corrected chi connectivity index (χ2v) is 7.00. The molecule has 1 aliphatic heterocycles. The molecule has 1 unspecified atom stereocenters. The molecule has 2 aromatic carbocycles. The first-order chi connectivity index (χ1) is 13.2. The zero-order valence-corrected chi connectivity index (χ0v) is 16.4. The van der Waals surface area contributed by atoms with Crippen LogP contribution in [0.1, 0.15) is 36.7 Å². The van der Waals surface area contributed by atoms with Gasteiger partial charge in [0, 0.05) is 28.4 Å². The molecule has 0 saturated carbocycles. The lowest BCUT2D eigenvalue weighted by Crippen LogP contribution is -2.83. The Morgan fingerprint density at radius 1 is 1.04 bits per heavy atom. The fraction of sp³-hybridized carbons (Fsp3) is 0.273. The van der Waals surface area contributed by atoms with Crippen molar-refractivity contribution in [3.05, 3.63) is 76.6 Å². The van der Waals surface area contributed by atoms with Crippen LogP contribution in [-0.2, 0) is 6.54 Å². The van der Waals surface area contributed by atoms with Crippen LogP contribution in [0.15, 0.2) is 54.7 Å². The maximum Gasteiger partial charge on any atom is 0.163 e. The number of quaternary nitrogens is 1. The van der Waals surface area contributed by atoms with E-state index in [0.717, 1.165) is 28.8 Å². The maximum absolute atomic E-state index is 6.09. The number of halogens is 1. The highest BCUT2D eigenvalue weighted by Gasteiger charge is 2.27. The minimum absolute atomic E-state index is 0.204. The summed E-state index contributed by atoms with van der Waals surface area (Å²) in [5, 5.41) is 3.12. The summed E-state index contributed by atoms with van der Waals surface area (Å²) in [4.78, 5) is 0. The third-order valence-electron chi connectivity index (χ3n) is 4.91. The number of nitrogens with zero attached hydrogens (tertiary/aromatic N) is 1. The molecule has 0 bridgehead atoms. The van der Waals surface area contributed by atoms with Gasteiger partial charge in [-0.05, 0) is 44.2 Å². The minimum Gasteiger partial charge on any atom is -0.490 e. The molecule has 5 heteroatoms. The second-order valence-electron chi connectivity index (χ2n) is 6.57. The average molecular weight is 384 g/mol. The minimum atomic E-state index is 0.204. The Morgan fingerprint density at radius 2 is 1.74 bits per heavy atom. The number of benzene rings is 2. The van der Waals surface area contributed by atoms with Gasteiger partial charge >= 0.3 is 0 Å². The van der Waals surface area contributed by atoms with Gasteiger partial charge in [-0.25, -0.2) is 0 Å². The van der Waals surface area contributed by atoms with E-state index in [9.17, 15) is 0 Å². The van der Waals surface area contributed by atoms with Crippen LogP contribution >= 0.6 is 11.6 Å². The molecule has 0 aliphatic carbocycles. The van der Waals surface area contributed by atoms with E-state index in [2.05, 4.69) is 52.5 Å². The molecule has 0 amide bonds. The summed E-state index contributed by atoms with van der Waals surface area (Å²) >= 11 is 6.09. The van der Waals surface area contributed by atoms with Gasteiger partial charge in [-0.15, -0.1) is 0 Å². The van der Waals surface area contributed by atoms with Crippen LogP contribution in [-0.4, -0.2) is 17.8 Å². The van der Waals surface area contributed by atoms with Crippen molar-refractivity contribution in [3.8, 4) is 17.2 Å². The molecular formula is C22H24ClN2O2+. The topological polar surface area (TPSA) is 40.0 Å². The molecule has 0 spiro atoms. The van der Waals surface area contributed by atoms with Crippen LogP contribution in [0.3, 0.4) is 0 Å². The van der Waals surface area contributed by atoms with Gasteiger partial charge in [-0.3, -0.25) is 0 Å². The lowest BCUT2D eigenvalue weighted by atomic mass is 10.0. The second kappa shape index (κ2) is 7.67. The zero-order valence-electron chi connectivity index (χ0n) is 15.6. The first-order valence-corrected chi connectivity index (χ1v) is 9.78. The van der Waals surface area contributed by atoms with Crippen LogP contribution in [0, 0.1) is 0 Å². The first kappa shape index (κ1) is 18.0. The molecule has 4 nitrogen and oxygen atoms in total. The van der Waals surface area contributed by atoms with Gasteiger partial charge in [0.1, 0.15) is 6.54 Å². The quantitative estimate of drug-likeness (QED) is 0.720. The third kappa shape index (κ3) is 3.43. The maximum atomic E-state index is 6.09. The van der Waals surface area contributed by atoms with Crippen molar-refractivity contribution < 1.29 is 14.8 Å². The molecule has 1 atom stereocenters. The highest BCUT2D eigenvalue weighted by molar-refractivity contribution is 6.30. The zero-order chi connectivity index (χ0) is 18.8. The molecule has 1 aliphatic rings. The van der Waals surface area contributed by atoms with Gasteiger partial charge in [0.25, 0.3) is 0 Å². The Kier molecular flexibility index (Phi) is 5.10. The SMILES string of the molecule is CCOc1cc2c(cc1OCC)-n1cccc1C(c1ccc(Cl)cc1)[NH2+]C2. The number of fused-ring (bicyclic) bond motifs is 3. The number of aromatic nitrogens is 1. The molecule has 0 radical (unpaired) electrons. The molecular weight excluding hydrogens is 360 g/mol. The van der Waals surface area contributed by atoms with E-state index in [1.165, 1.54) is 16.8 Å². The van der Waals surface area contributed by atoms with Gasteiger partial charge in [0.15, 0.2) is 17.5 Å².